The maximum atomic E-state index is 11.6. The van der Waals surface area contributed by atoms with Crippen LogP contribution in [0.25, 0.3) is 0 Å². The van der Waals surface area contributed by atoms with Gasteiger partial charge in [0, 0.05) is 25.3 Å². The third-order valence-electron chi connectivity index (χ3n) is 2.05. The Morgan fingerprint density at radius 1 is 1.00 bits per heavy atom. The van der Waals surface area contributed by atoms with Gasteiger partial charge in [-0.2, -0.15) is 0 Å². The molecule has 1 aromatic rings. The van der Waals surface area contributed by atoms with E-state index in [0.717, 1.165) is 0 Å². The second-order valence-electron chi connectivity index (χ2n) is 3.52. The monoisotopic (exact) mass is 234 g/mol. The van der Waals surface area contributed by atoms with Gasteiger partial charge in [0.25, 0.3) is 0 Å². The van der Waals surface area contributed by atoms with E-state index in [1.807, 2.05) is 6.07 Å². The zero-order valence-electron chi connectivity index (χ0n) is 9.53. The van der Waals surface area contributed by atoms with Gasteiger partial charge in [0.15, 0.2) is 5.78 Å². The predicted octanol–water partition coefficient (Wildman–Crippen LogP) is 0.817. The highest BCUT2D eigenvalue weighted by Gasteiger charge is 2.08. The van der Waals surface area contributed by atoms with E-state index in [-0.39, 0.29) is 30.4 Å². The van der Waals surface area contributed by atoms with Crippen LogP contribution in [-0.2, 0) is 9.59 Å². The van der Waals surface area contributed by atoms with Gasteiger partial charge in [-0.05, 0) is 0 Å². The van der Waals surface area contributed by atoms with Crippen LogP contribution in [0.1, 0.15) is 30.1 Å². The Morgan fingerprint density at radius 2 is 1.65 bits per heavy atom. The lowest BCUT2D eigenvalue weighted by molar-refractivity contribution is -0.127. The van der Waals surface area contributed by atoms with Crippen molar-refractivity contribution in [2.75, 3.05) is 0 Å². The number of carbonyl (C=O) groups is 3. The Morgan fingerprint density at radius 3 is 2.24 bits per heavy atom. The minimum absolute atomic E-state index is 0.0496. The summed E-state index contributed by atoms with van der Waals surface area (Å²) in [5.41, 5.74) is 4.94. The smallest absolute Gasteiger partial charge is 0.238 e. The standard InChI is InChI=1S/C12H14N2O3/c1-9(15)13-14-12(17)8-7-11(16)10-5-3-2-4-6-10/h2-6H,7-8H2,1H3,(H,13,15)(H,14,17). The summed E-state index contributed by atoms with van der Waals surface area (Å²) in [5, 5.41) is 0. The molecule has 5 heteroatoms. The molecule has 0 saturated carbocycles. The van der Waals surface area contributed by atoms with E-state index in [1.54, 1.807) is 24.3 Å². The summed E-state index contributed by atoms with van der Waals surface area (Å²) in [6.45, 7) is 1.29. The molecule has 2 amide bonds. The van der Waals surface area contributed by atoms with Gasteiger partial charge in [-0.25, -0.2) is 0 Å². The van der Waals surface area contributed by atoms with Gasteiger partial charge in [0.05, 0.1) is 0 Å². The second-order valence-corrected chi connectivity index (χ2v) is 3.52. The average molecular weight is 234 g/mol. The Balaban J connectivity index is 2.34. The molecule has 0 saturated heterocycles. The summed E-state index contributed by atoms with van der Waals surface area (Å²) in [6, 6.07) is 8.76. The first-order valence-electron chi connectivity index (χ1n) is 5.23. The number of benzene rings is 1. The van der Waals surface area contributed by atoms with E-state index in [2.05, 4.69) is 10.9 Å². The van der Waals surface area contributed by atoms with Crippen LogP contribution in [0.4, 0.5) is 0 Å². The zero-order valence-corrected chi connectivity index (χ0v) is 9.53. The van der Waals surface area contributed by atoms with Crippen LogP contribution < -0.4 is 10.9 Å². The molecule has 2 N–H and O–H groups in total. The Kier molecular flexibility index (Phi) is 4.87. The first-order valence-corrected chi connectivity index (χ1v) is 5.23. The Labute approximate surface area is 99.2 Å². The number of hydrazine groups is 1. The third-order valence-corrected chi connectivity index (χ3v) is 2.05. The largest absolute Gasteiger partial charge is 0.294 e. The molecule has 17 heavy (non-hydrogen) atoms. The van der Waals surface area contributed by atoms with Gasteiger partial charge in [-0.1, -0.05) is 30.3 Å². The van der Waals surface area contributed by atoms with Crippen LogP contribution >= 0.6 is 0 Å². The molecule has 0 unspecified atom stereocenters. The maximum absolute atomic E-state index is 11.6. The van der Waals surface area contributed by atoms with Crippen molar-refractivity contribution in [3.05, 3.63) is 35.9 Å². The molecule has 1 aromatic carbocycles. The number of rotatable bonds is 4. The van der Waals surface area contributed by atoms with Gasteiger partial charge in [0.1, 0.15) is 0 Å². The van der Waals surface area contributed by atoms with E-state index in [9.17, 15) is 14.4 Å². The molecule has 0 fully saturated rings. The number of nitrogens with one attached hydrogen (secondary N) is 2. The summed E-state index contributed by atoms with van der Waals surface area (Å²) in [4.78, 5) is 33.3. The van der Waals surface area contributed by atoms with Crippen molar-refractivity contribution in [1.82, 2.24) is 10.9 Å². The number of Topliss-reactive ketones (excluding diaryl/α,β-unsaturated/α-hetero) is 1. The van der Waals surface area contributed by atoms with E-state index >= 15 is 0 Å². The van der Waals surface area contributed by atoms with Crippen LogP contribution in [0, 0.1) is 0 Å². The molecule has 5 nitrogen and oxygen atoms in total. The van der Waals surface area contributed by atoms with Crippen LogP contribution in [0.5, 0.6) is 0 Å². The number of ketones is 1. The van der Waals surface area contributed by atoms with Gasteiger partial charge in [-0.15, -0.1) is 0 Å². The lowest BCUT2D eigenvalue weighted by atomic mass is 10.1. The summed E-state index contributed by atoms with van der Waals surface area (Å²) < 4.78 is 0. The molecule has 0 aliphatic carbocycles. The van der Waals surface area contributed by atoms with Crippen molar-refractivity contribution in [1.29, 1.82) is 0 Å². The van der Waals surface area contributed by atoms with E-state index in [4.69, 9.17) is 0 Å². The van der Waals surface area contributed by atoms with E-state index in [0.29, 0.717) is 5.56 Å². The minimum atomic E-state index is -0.385. The number of hydrogen-bond acceptors (Lipinski definition) is 3. The fraction of sp³-hybridized carbons (Fsp3) is 0.250. The molecular weight excluding hydrogens is 220 g/mol. The first kappa shape index (κ1) is 12.9. The lowest BCUT2D eigenvalue weighted by Gasteiger charge is -2.04. The summed E-state index contributed by atoms with van der Waals surface area (Å²) >= 11 is 0. The second kappa shape index (κ2) is 6.42. The topological polar surface area (TPSA) is 75.3 Å². The van der Waals surface area contributed by atoms with Gasteiger partial charge < -0.3 is 0 Å². The molecule has 0 atom stereocenters. The molecule has 0 aromatic heterocycles. The normalized spacial score (nSPS) is 9.47. The van der Waals surface area contributed by atoms with Crippen molar-refractivity contribution >= 4 is 17.6 Å². The molecule has 0 bridgehead atoms. The fourth-order valence-electron chi connectivity index (χ4n) is 1.22. The van der Waals surface area contributed by atoms with Gasteiger partial charge in [-0.3, -0.25) is 25.2 Å². The van der Waals surface area contributed by atoms with Crippen molar-refractivity contribution < 1.29 is 14.4 Å². The summed E-state index contributed by atoms with van der Waals surface area (Å²) in [5.74, 6) is -0.833. The summed E-state index contributed by atoms with van der Waals surface area (Å²) in [6.07, 6.45) is 0.170. The Hall–Kier alpha value is -2.17. The number of amides is 2. The first-order chi connectivity index (χ1) is 8.09. The average Bonchev–Trinajstić information content (AvgIpc) is 2.34. The molecule has 0 radical (unpaired) electrons. The highest BCUT2D eigenvalue weighted by atomic mass is 16.2. The van der Waals surface area contributed by atoms with Crippen molar-refractivity contribution in [3.8, 4) is 0 Å². The van der Waals surface area contributed by atoms with Crippen molar-refractivity contribution in [2.45, 2.75) is 19.8 Å². The number of hydrogen-bond donors (Lipinski definition) is 2. The Bertz CT molecular complexity index is 415. The molecule has 0 heterocycles. The quantitative estimate of drug-likeness (QED) is 0.598. The SMILES string of the molecule is CC(=O)NNC(=O)CCC(=O)c1ccccc1. The van der Waals surface area contributed by atoms with Crippen LogP contribution in [0.2, 0.25) is 0 Å². The highest BCUT2D eigenvalue weighted by Crippen LogP contribution is 2.04. The van der Waals surface area contributed by atoms with Crippen molar-refractivity contribution in [3.63, 3.8) is 0 Å². The van der Waals surface area contributed by atoms with E-state index < -0.39 is 0 Å². The zero-order chi connectivity index (χ0) is 12.7. The molecule has 0 aliphatic heterocycles. The molecule has 0 aliphatic rings. The van der Waals surface area contributed by atoms with Crippen LogP contribution in [0.3, 0.4) is 0 Å². The third kappa shape index (κ3) is 4.92. The molecule has 90 valence electrons. The van der Waals surface area contributed by atoms with Crippen LogP contribution in [-0.4, -0.2) is 17.6 Å². The lowest BCUT2D eigenvalue weighted by Crippen LogP contribution is -2.40. The minimum Gasteiger partial charge on any atom is -0.294 e. The van der Waals surface area contributed by atoms with Gasteiger partial charge in [0.2, 0.25) is 11.8 Å². The molecule has 1 rings (SSSR count). The maximum Gasteiger partial charge on any atom is 0.238 e. The fourth-order valence-corrected chi connectivity index (χ4v) is 1.22. The molecular formula is C12H14N2O3. The van der Waals surface area contributed by atoms with Gasteiger partial charge >= 0.3 is 0 Å². The number of carbonyl (C=O) groups excluding carboxylic acids is 3. The molecule has 0 spiro atoms. The van der Waals surface area contributed by atoms with E-state index in [1.165, 1.54) is 6.92 Å². The van der Waals surface area contributed by atoms with Crippen molar-refractivity contribution in [2.24, 2.45) is 0 Å². The highest BCUT2D eigenvalue weighted by molar-refractivity contribution is 5.98. The van der Waals surface area contributed by atoms with Crippen LogP contribution in [0.15, 0.2) is 30.3 Å². The summed E-state index contributed by atoms with van der Waals surface area (Å²) in [7, 11) is 0. The predicted molar refractivity (Wildman–Crippen MR) is 62.0 cm³/mol.